The van der Waals surface area contributed by atoms with E-state index >= 15 is 0 Å². The van der Waals surface area contributed by atoms with E-state index in [9.17, 15) is 9.59 Å². The van der Waals surface area contributed by atoms with Crippen molar-refractivity contribution in [1.82, 2.24) is 0 Å². The fourth-order valence-electron chi connectivity index (χ4n) is 0.759. The van der Waals surface area contributed by atoms with E-state index in [1.54, 1.807) is 0 Å². The van der Waals surface area contributed by atoms with Crippen LogP contribution < -0.4 is 0 Å². The van der Waals surface area contributed by atoms with Crippen molar-refractivity contribution in [3.05, 3.63) is 12.8 Å². The first-order valence-electron chi connectivity index (χ1n) is 4.66. The Balaban J connectivity index is 3.43. The highest BCUT2D eigenvalue weighted by Gasteiger charge is 2.07. The van der Waals surface area contributed by atoms with Gasteiger partial charge in [-0.1, -0.05) is 19.9 Å². The first kappa shape index (κ1) is 12.7. The van der Waals surface area contributed by atoms with Gasteiger partial charge in [0.25, 0.3) is 0 Å². The lowest BCUT2D eigenvalue weighted by molar-refractivity contribution is -0.148. The molecule has 14 heavy (non-hydrogen) atoms. The highest BCUT2D eigenvalue weighted by atomic mass is 16.5. The summed E-state index contributed by atoms with van der Waals surface area (Å²) in [4.78, 5) is 21.7. The summed E-state index contributed by atoms with van der Waals surface area (Å²) in [6, 6.07) is 0. The van der Waals surface area contributed by atoms with Crippen LogP contribution in [0.1, 0.15) is 32.6 Å². The molecule has 0 radical (unpaired) electrons. The Hall–Kier alpha value is -1.32. The van der Waals surface area contributed by atoms with Crippen LogP contribution in [0, 0.1) is 0 Å². The van der Waals surface area contributed by atoms with E-state index in [1.807, 2.05) is 6.92 Å². The number of rotatable bonds is 7. The van der Waals surface area contributed by atoms with Gasteiger partial charge in [-0.25, -0.2) is 0 Å². The molecule has 0 aromatic heterocycles. The molecule has 0 rings (SSSR count). The van der Waals surface area contributed by atoms with Crippen LogP contribution in [0.25, 0.3) is 0 Å². The highest BCUT2D eigenvalue weighted by molar-refractivity contribution is 5.77. The smallest absolute Gasteiger partial charge is 0.311 e. The van der Waals surface area contributed by atoms with Crippen LogP contribution in [0.4, 0.5) is 0 Å². The SMILES string of the molecule is C=COC(=O)CCC(=O)OCCCC. The summed E-state index contributed by atoms with van der Waals surface area (Å²) in [5.41, 5.74) is 0. The molecule has 0 saturated heterocycles. The molecular formula is C10H16O4. The molecule has 0 amide bonds. The second kappa shape index (κ2) is 8.29. The van der Waals surface area contributed by atoms with Gasteiger partial charge in [-0.3, -0.25) is 9.59 Å². The van der Waals surface area contributed by atoms with E-state index in [-0.39, 0.29) is 18.8 Å². The van der Waals surface area contributed by atoms with E-state index in [0.29, 0.717) is 6.61 Å². The summed E-state index contributed by atoms with van der Waals surface area (Å²) < 4.78 is 9.27. The summed E-state index contributed by atoms with van der Waals surface area (Å²) in [6.45, 7) is 5.66. The zero-order chi connectivity index (χ0) is 10.8. The van der Waals surface area contributed by atoms with Crippen molar-refractivity contribution in [2.45, 2.75) is 32.6 Å². The van der Waals surface area contributed by atoms with E-state index < -0.39 is 5.97 Å². The molecule has 0 atom stereocenters. The maximum Gasteiger partial charge on any atom is 0.311 e. The van der Waals surface area contributed by atoms with Gasteiger partial charge in [0.1, 0.15) is 0 Å². The molecule has 0 saturated carbocycles. The zero-order valence-electron chi connectivity index (χ0n) is 8.45. The van der Waals surface area contributed by atoms with Gasteiger partial charge in [0.05, 0.1) is 25.7 Å². The number of carbonyl (C=O) groups excluding carboxylic acids is 2. The van der Waals surface area contributed by atoms with Crippen molar-refractivity contribution in [3.8, 4) is 0 Å². The molecule has 0 spiro atoms. The van der Waals surface area contributed by atoms with Crippen LogP contribution in [-0.4, -0.2) is 18.5 Å². The molecule has 0 aromatic rings. The Labute approximate surface area is 83.9 Å². The number of ether oxygens (including phenoxy) is 2. The van der Waals surface area contributed by atoms with Gasteiger partial charge in [-0.2, -0.15) is 0 Å². The standard InChI is InChI=1S/C10H16O4/c1-3-5-8-14-10(12)7-6-9(11)13-4-2/h4H,2-3,5-8H2,1H3. The lowest BCUT2D eigenvalue weighted by Crippen LogP contribution is -2.09. The summed E-state index contributed by atoms with van der Waals surface area (Å²) in [6.07, 6.45) is 2.98. The largest absolute Gasteiger partial charge is 0.466 e. The quantitative estimate of drug-likeness (QED) is 0.357. The lowest BCUT2D eigenvalue weighted by atomic mass is 10.3. The van der Waals surface area contributed by atoms with Crippen molar-refractivity contribution >= 4 is 11.9 Å². The van der Waals surface area contributed by atoms with Gasteiger partial charge in [-0.05, 0) is 6.42 Å². The van der Waals surface area contributed by atoms with Crippen LogP contribution >= 0.6 is 0 Å². The Morgan fingerprint density at radius 1 is 1.29 bits per heavy atom. The predicted molar refractivity (Wildman–Crippen MR) is 51.4 cm³/mol. The van der Waals surface area contributed by atoms with Gasteiger partial charge in [0, 0.05) is 0 Å². The molecule has 4 nitrogen and oxygen atoms in total. The second-order valence-corrected chi connectivity index (χ2v) is 2.73. The summed E-state index contributed by atoms with van der Waals surface area (Å²) in [7, 11) is 0. The maximum absolute atomic E-state index is 11.0. The van der Waals surface area contributed by atoms with Crippen molar-refractivity contribution in [1.29, 1.82) is 0 Å². The number of esters is 2. The first-order chi connectivity index (χ1) is 6.70. The number of unbranched alkanes of at least 4 members (excludes halogenated alkanes) is 1. The van der Waals surface area contributed by atoms with Crippen LogP contribution in [-0.2, 0) is 19.1 Å². The topological polar surface area (TPSA) is 52.6 Å². The third-order valence-electron chi connectivity index (χ3n) is 1.51. The van der Waals surface area contributed by atoms with Gasteiger partial charge in [0.15, 0.2) is 0 Å². The normalized spacial score (nSPS) is 9.21. The van der Waals surface area contributed by atoms with Crippen molar-refractivity contribution in [2.24, 2.45) is 0 Å². The average molecular weight is 200 g/mol. The van der Waals surface area contributed by atoms with Crippen LogP contribution in [0.3, 0.4) is 0 Å². The van der Waals surface area contributed by atoms with Crippen LogP contribution in [0.2, 0.25) is 0 Å². The molecule has 4 heteroatoms. The second-order valence-electron chi connectivity index (χ2n) is 2.73. The summed E-state index contributed by atoms with van der Waals surface area (Å²) in [5.74, 6) is -0.827. The average Bonchev–Trinajstić information content (AvgIpc) is 2.16. The Kier molecular flexibility index (Phi) is 7.50. The van der Waals surface area contributed by atoms with Gasteiger partial charge >= 0.3 is 11.9 Å². The number of hydrogen-bond donors (Lipinski definition) is 0. The number of hydrogen-bond acceptors (Lipinski definition) is 4. The monoisotopic (exact) mass is 200 g/mol. The maximum atomic E-state index is 11.0. The predicted octanol–water partition coefficient (Wildman–Crippen LogP) is 1.80. The van der Waals surface area contributed by atoms with Crippen molar-refractivity contribution < 1.29 is 19.1 Å². The molecule has 0 aromatic carbocycles. The van der Waals surface area contributed by atoms with Crippen LogP contribution in [0.15, 0.2) is 12.8 Å². The van der Waals surface area contributed by atoms with Crippen molar-refractivity contribution in [3.63, 3.8) is 0 Å². The van der Waals surface area contributed by atoms with E-state index in [1.165, 1.54) is 0 Å². The molecule has 0 heterocycles. The highest BCUT2D eigenvalue weighted by Crippen LogP contribution is 1.97. The van der Waals surface area contributed by atoms with Gasteiger partial charge < -0.3 is 9.47 Å². The molecule has 0 bridgehead atoms. The molecule has 80 valence electrons. The fraction of sp³-hybridized carbons (Fsp3) is 0.600. The lowest BCUT2D eigenvalue weighted by Gasteiger charge is -2.02. The molecular weight excluding hydrogens is 184 g/mol. The minimum absolute atomic E-state index is 0.0387. The van der Waals surface area contributed by atoms with Crippen molar-refractivity contribution in [2.75, 3.05) is 6.61 Å². The molecule has 0 aliphatic heterocycles. The Morgan fingerprint density at radius 3 is 2.50 bits per heavy atom. The third kappa shape index (κ3) is 7.34. The van der Waals surface area contributed by atoms with Crippen LogP contribution in [0.5, 0.6) is 0 Å². The minimum Gasteiger partial charge on any atom is -0.466 e. The Morgan fingerprint density at radius 2 is 1.93 bits per heavy atom. The molecule has 0 fully saturated rings. The van der Waals surface area contributed by atoms with E-state index in [4.69, 9.17) is 4.74 Å². The van der Waals surface area contributed by atoms with E-state index in [0.717, 1.165) is 19.1 Å². The molecule has 0 N–H and O–H groups in total. The zero-order valence-corrected chi connectivity index (χ0v) is 8.45. The summed E-state index contributed by atoms with van der Waals surface area (Å²) in [5, 5.41) is 0. The number of carbonyl (C=O) groups is 2. The fourth-order valence-corrected chi connectivity index (χ4v) is 0.759. The van der Waals surface area contributed by atoms with Gasteiger partial charge in [-0.15, -0.1) is 0 Å². The molecule has 0 aliphatic carbocycles. The summed E-state index contributed by atoms with van der Waals surface area (Å²) >= 11 is 0. The third-order valence-corrected chi connectivity index (χ3v) is 1.51. The molecule has 0 unspecified atom stereocenters. The first-order valence-corrected chi connectivity index (χ1v) is 4.66. The molecule has 0 aliphatic rings. The van der Waals surface area contributed by atoms with Gasteiger partial charge in [0.2, 0.25) is 0 Å². The van der Waals surface area contributed by atoms with E-state index in [2.05, 4.69) is 11.3 Å². The Bertz CT molecular complexity index is 198. The minimum atomic E-state index is -0.465.